The van der Waals surface area contributed by atoms with Gasteiger partial charge in [0.15, 0.2) is 0 Å². The lowest BCUT2D eigenvalue weighted by Gasteiger charge is -2.36. The highest BCUT2D eigenvalue weighted by atomic mass is 32.2. The van der Waals surface area contributed by atoms with Crippen molar-refractivity contribution in [3.63, 3.8) is 0 Å². The van der Waals surface area contributed by atoms with Crippen LogP contribution in [0.25, 0.3) is 0 Å². The summed E-state index contributed by atoms with van der Waals surface area (Å²) in [6.07, 6.45) is 1.10. The molecule has 3 fully saturated rings. The molecule has 1 aromatic rings. The smallest absolute Gasteiger partial charge is 0.413 e. The van der Waals surface area contributed by atoms with E-state index in [2.05, 4.69) is 32.2 Å². The number of nitrogens with zero attached hydrogens (tertiary/aromatic N) is 2. The van der Waals surface area contributed by atoms with Gasteiger partial charge in [-0.1, -0.05) is 32.9 Å². The minimum atomic E-state index is -3.91. The molecular formula is C31H44N6O9S. The Balaban J connectivity index is 1.58. The number of nitrogens with one attached hydrogen (secondary N) is 4. The maximum Gasteiger partial charge on any atom is 0.413 e. The van der Waals surface area contributed by atoms with E-state index in [0.717, 1.165) is 0 Å². The maximum absolute atomic E-state index is 14.2. The second-order valence-electron chi connectivity index (χ2n) is 14.2. The van der Waals surface area contributed by atoms with Crippen molar-refractivity contribution in [2.75, 3.05) is 11.9 Å². The van der Waals surface area contributed by atoms with Crippen molar-refractivity contribution in [3.8, 4) is 0 Å². The zero-order chi connectivity index (χ0) is 34.9. The molecule has 15 nitrogen and oxygen atoms in total. The van der Waals surface area contributed by atoms with Crippen LogP contribution in [0.1, 0.15) is 67.2 Å². The summed E-state index contributed by atoms with van der Waals surface area (Å²) in [5.74, 6) is -2.63. The minimum Gasteiger partial charge on any atom is -0.444 e. The molecule has 2 aliphatic carbocycles. The first kappa shape index (κ1) is 35.6. The number of pyridine rings is 1. The van der Waals surface area contributed by atoms with Crippen LogP contribution in [0, 0.1) is 11.3 Å². The van der Waals surface area contributed by atoms with Crippen LogP contribution in [0.3, 0.4) is 0 Å². The number of anilines is 1. The topological polar surface area (TPSA) is 202 Å². The fraction of sp³-hybridized carbons (Fsp3) is 0.613. The molecule has 3 aliphatic rings. The molecule has 1 aromatic heterocycles. The summed E-state index contributed by atoms with van der Waals surface area (Å²) in [6.45, 7) is 13.7. The summed E-state index contributed by atoms with van der Waals surface area (Å²) in [5, 5.41) is 7.13. The number of ether oxygens (including phenoxy) is 2. The zero-order valence-electron chi connectivity index (χ0n) is 27.5. The van der Waals surface area contributed by atoms with E-state index in [1.807, 2.05) is 0 Å². The Morgan fingerprint density at radius 1 is 1.09 bits per heavy atom. The van der Waals surface area contributed by atoms with Gasteiger partial charge in [-0.15, -0.1) is 6.58 Å². The average Bonchev–Trinajstić information content (AvgIpc) is 3.87. The van der Waals surface area contributed by atoms with E-state index in [9.17, 15) is 32.4 Å². The molecule has 5 amide bonds. The van der Waals surface area contributed by atoms with Crippen LogP contribution >= 0.6 is 0 Å². The zero-order valence-corrected chi connectivity index (χ0v) is 28.3. The van der Waals surface area contributed by atoms with Crippen molar-refractivity contribution in [2.24, 2.45) is 11.3 Å². The number of amides is 5. The maximum atomic E-state index is 14.2. The fourth-order valence-corrected chi connectivity index (χ4v) is 6.72. The van der Waals surface area contributed by atoms with E-state index < -0.39 is 85.8 Å². The van der Waals surface area contributed by atoms with E-state index >= 15 is 0 Å². The van der Waals surface area contributed by atoms with Gasteiger partial charge in [0.2, 0.25) is 21.8 Å². The van der Waals surface area contributed by atoms with Crippen molar-refractivity contribution < 1.29 is 41.9 Å². The summed E-state index contributed by atoms with van der Waals surface area (Å²) in [7, 11) is -3.91. The van der Waals surface area contributed by atoms with Gasteiger partial charge in [-0.05, 0) is 57.6 Å². The Morgan fingerprint density at radius 3 is 2.30 bits per heavy atom. The molecule has 0 bridgehead atoms. The Bertz CT molecular complexity index is 1520. The van der Waals surface area contributed by atoms with Crippen molar-refractivity contribution in [2.45, 2.75) is 102 Å². The predicted molar refractivity (Wildman–Crippen MR) is 170 cm³/mol. The monoisotopic (exact) mass is 676 g/mol. The number of rotatable bonds is 10. The number of aromatic nitrogens is 1. The summed E-state index contributed by atoms with van der Waals surface area (Å²) in [6, 6.07) is 2.47. The van der Waals surface area contributed by atoms with Gasteiger partial charge < -0.3 is 25.0 Å². The van der Waals surface area contributed by atoms with Crippen molar-refractivity contribution in [3.05, 3.63) is 37.1 Å². The second kappa shape index (κ2) is 13.1. The first-order valence-corrected chi connectivity index (χ1v) is 17.0. The lowest BCUT2D eigenvalue weighted by Crippen LogP contribution is -2.60. The van der Waals surface area contributed by atoms with Gasteiger partial charge in [0.25, 0.3) is 5.91 Å². The van der Waals surface area contributed by atoms with Crippen LogP contribution in [0.2, 0.25) is 0 Å². The Kier molecular flexibility index (Phi) is 9.95. The van der Waals surface area contributed by atoms with E-state index in [1.54, 1.807) is 59.7 Å². The second-order valence-corrected chi connectivity index (χ2v) is 16.2. The number of carbonyl (C=O) groups is 5. The van der Waals surface area contributed by atoms with Gasteiger partial charge in [-0.3, -0.25) is 24.4 Å². The van der Waals surface area contributed by atoms with Crippen LogP contribution in [0.4, 0.5) is 15.4 Å². The SMILES string of the molecule is C=CC1CC1(NC(=O)C1CC(OC(=O)Nc2ccccn2)CN1C(=O)C(NC(=O)OC(C)(C)C)C(C)(C)C)C(=O)NS(=O)(=O)C1CC1. The summed E-state index contributed by atoms with van der Waals surface area (Å²) in [4.78, 5) is 72.1. The van der Waals surface area contributed by atoms with E-state index in [1.165, 1.54) is 17.2 Å². The highest BCUT2D eigenvalue weighted by molar-refractivity contribution is 7.91. The first-order valence-electron chi connectivity index (χ1n) is 15.4. The van der Waals surface area contributed by atoms with Gasteiger partial charge in [-0.25, -0.2) is 23.0 Å². The Morgan fingerprint density at radius 2 is 1.77 bits per heavy atom. The molecular weight excluding hydrogens is 632 g/mol. The molecule has 5 unspecified atom stereocenters. The molecule has 5 atom stereocenters. The molecule has 258 valence electrons. The highest BCUT2D eigenvalue weighted by Crippen LogP contribution is 2.45. The van der Waals surface area contributed by atoms with Gasteiger partial charge in [-0.2, -0.15) is 0 Å². The summed E-state index contributed by atoms with van der Waals surface area (Å²) in [5.41, 5.74) is -3.30. The number of hydrogen-bond acceptors (Lipinski definition) is 10. The molecule has 0 spiro atoms. The van der Waals surface area contributed by atoms with Crippen molar-refractivity contribution in [1.29, 1.82) is 0 Å². The molecule has 1 aliphatic heterocycles. The van der Waals surface area contributed by atoms with Crippen LogP contribution in [0.15, 0.2) is 37.1 Å². The normalized spacial score (nSPS) is 24.7. The standard InChI is InChI=1S/C31H44N6O9S/c1-8-18-16-31(18,26(40)36-47(43,44)20-12-13-20)35-24(38)21-15-19(45-27(41)33-22-11-9-10-14-32-22)17-37(21)25(39)23(29(2,3)4)34-28(42)46-30(5,6)7/h8-11,14,18-21,23H,1,12-13,15-17H2,2-7H3,(H,34,42)(H,35,38)(H,36,40)(H,32,33,41). The first-order chi connectivity index (χ1) is 21.8. The average molecular weight is 677 g/mol. The molecule has 4 N–H and O–H groups in total. The molecule has 4 rings (SSSR count). The highest BCUT2D eigenvalue weighted by Gasteiger charge is 2.62. The van der Waals surface area contributed by atoms with Crippen LogP contribution in [0.5, 0.6) is 0 Å². The predicted octanol–water partition coefficient (Wildman–Crippen LogP) is 2.21. The number of sulfonamides is 1. The third kappa shape index (κ3) is 8.78. The van der Waals surface area contributed by atoms with Crippen LogP contribution < -0.4 is 20.7 Å². The molecule has 47 heavy (non-hydrogen) atoms. The number of alkyl carbamates (subject to hydrolysis) is 1. The molecule has 1 saturated heterocycles. The largest absolute Gasteiger partial charge is 0.444 e. The molecule has 0 radical (unpaired) electrons. The Hall–Kier alpha value is -4.21. The molecule has 16 heteroatoms. The minimum absolute atomic E-state index is 0.103. The van der Waals surface area contributed by atoms with Crippen molar-refractivity contribution in [1.82, 2.24) is 25.2 Å². The number of hydrogen-bond donors (Lipinski definition) is 4. The third-order valence-corrected chi connectivity index (χ3v) is 9.86. The summed E-state index contributed by atoms with van der Waals surface area (Å²) < 4.78 is 38.1. The number of likely N-dealkylation sites (tertiary alicyclic amines) is 1. The third-order valence-electron chi connectivity index (χ3n) is 8.04. The molecule has 0 aromatic carbocycles. The molecule has 2 saturated carbocycles. The van der Waals surface area contributed by atoms with Gasteiger partial charge in [0, 0.05) is 18.5 Å². The van der Waals surface area contributed by atoms with Gasteiger partial charge >= 0.3 is 12.2 Å². The summed E-state index contributed by atoms with van der Waals surface area (Å²) >= 11 is 0. The van der Waals surface area contributed by atoms with Gasteiger partial charge in [0.1, 0.15) is 35.1 Å². The Labute approximate surface area is 274 Å². The van der Waals surface area contributed by atoms with Crippen LogP contribution in [-0.2, 0) is 33.9 Å². The van der Waals surface area contributed by atoms with E-state index in [-0.39, 0.29) is 25.2 Å². The van der Waals surface area contributed by atoms with Gasteiger partial charge in [0.05, 0.1) is 11.8 Å². The van der Waals surface area contributed by atoms with Crippen LogP contribution in [-0.4, -0.2) is 89.3 Å². The molecule has 2 heterocycles. The number of carbonyl (C=O) groups excluding carboxylic acids is 5. The lowest BCUT2D eigenvalue weighted by atomic mass is 9.85. The fourth-order valence-electron chi connectivity index (χ4n) is 5.36. The van der Waals surface area contributed by atoms with Crippen molar-refractivity contribution >= 4 is 45.7 Å². The van der Waals surface area contributed by atoms with E-state index in [0.29, 0.717) is 12.8 Å². The van der Waals surface area contributed by atoms with E-state index in [4.69, 9.17) is 9.47 Å². The lowest BCUT2D eigenvalue weighted by molar-refractivity contribution is -0.143. The quantitative estimate of drug-likeness (QED) is 0.266.